The van der Waals surface area contributed by atoms with Crippen LogP contribution in [-0.2, 0) is 14.3 Å². The van der Waals surface area contributed by atoms with Gasteiger partial charge in [0.2, 0.25) is 0 Å². The van der Waals surface area contributed by atoms with Crippen molar-refractivity contribution in [1.82, 2.24) is 10.6 Å². The summed E-state index contributed by atoms with van der Waals surface area (Å²) in [5.74, 6) is -0.342. The second-order valence-corrected chi connectivity index (χ2v) is 8.41. The molecule has 3 amide bonds. The number of rotatable bonds is 8. The molecule has 36 heavy (non-hydrogen) atoms. The molecule has 8 nitrogen and oxygen atoms in total. The van der Waals surface area contributed by atoms with Crippen LogP contribution in [0.15, 0.2) is 90.5 Å². The third-order valence-electron chi connectivity index (χ3n) is 5.34. The van der Waals surface area contributed by atoms with E-state index < -0.39 is 18.0 Å². The first-order valence-electron chi connectivity index (χ1n) is 11.6. The van der Waals surface area contributed by atoms with Crippen molar-refractivity contribution in [2.24, 2.45) is 0 Å². The Morgan fingerprint density at radius 2 is 1.56 bits per heavy atom. The van der Waals surface area contributed by atoms with Gasteiger partial charge in [0.15, 0.2) is 6.61 Å². The molecule has 1 aliphatic rings. The van der Waals surface area contributed by atoms with Gasteiger partial charge >= 0.3 is 12.0 Å². The number of nitrogens with one attached hydrogen (secondary N) is 3. The molecular formula is C28H27N3O5. The third-order valence-corrected chi connectivity index (χ3v) is 5.34. The summed E-state index contributed by atoms with van der Waals surface area (Å²) >= 11 is 0. The fourth-order valence-electron chi connectivity index (χ4n) is 3.77. The van der Waals surface area contributed by atoms with Crippen molar-refractivity contribution in [2.75, 3.05) is 11.9 Å². The molecule has 0 bridgehead atoms. The number of para-hydroxylation sites is 1. The van der Waals surface area contributed by atoms with Gasteiger partial charge in [-0.25, -0.2) is 9.59 Å². The van der Waals surface area contributed by atoms with Crippen LogP contribution >= 0.6 is 0 Å². The van der Waals surface area contributed by atoms with E-state index in [1.807, 2.05) is 48.5 Å². The van der Waals surface area contributed by atoms with E-state index >= 15 is 0 Å². The smallest absolute Gasteiger partial charge is 0.338 e. The van der Waals surface area contributed by atoms with Crippen LogP contribution < -0.4 is 20.7 Å². The lowest BCUT2D eigenvalue weighted by atomic mass is 9.92. The number of carbonyl (C=O) groups is 3. The minimum Gasteiger partial charge on any atom is -0.484 e. The van der Waals surface area contributed by atoms with Crippen LogP contribution in [0.2, 0.25) is 0 Å². The number of hydrogen-bond acceptors (Lipinski definition) is 5. The Morgan fingerprint density at radius 1 is 0.917 bits per heavy atom. The van der Waals surface area contributed by atoms with E-state index in [0.29, 0.717) is 33.8 Å². The lowest BCUT2D eigenvalue weighted by Gasteiger charge is -2.30. The summed E-state index contributed by atoms with van der Waals surface area (Å²) in [5.41, 5.74) is 2.73. The summed E-state index contributed by atoms with van der Waals surface area (Å²) in [6.07, 6.45) is -0.335. The van der Waals surface area contributed by atoms with Gasteiger partial charge in [0, 0.05) is 5.69 Å². The van der Waals surface area contributed by atoms with Crippen LogP contribution in [0.3, 0.4) is 0 Å². The van der Waals surface area contributed by atoms with Crippen molar-refractivity contribution < 1.29 is 23.9 Å². The van der Waals surface area contributed by atoms with E-state index in [0.717, 1.165) is 0 Å². The fraction of sp³-hybridized carbons (Fsp3) is 0.179. The predicted octanol–water partition coefficient (Wildman–Crippen LogP) is 4.42. The van der Waals surface area contributed by atoms with E-state index in [4.69, 9.17) is 9.47 Å². The fourth-order valence-corrected chi connectivity index (χ4v) is 3.77. The molecule has 0 aliphatic carbocycles. The Hall–Kier alpha value is -4.59. The molecule has 8 heteroatoms. The molecule has 3 aromatic carbocycles. The molecule has 0 saturated carbocycles. The Kier molecular flexibility index (Phi) is 7.65. The Morgan fingerprint density at radius 3 is 2.19 bits per heavy atom. The largest absolute Gasteiger partial charge is 0.484 e. The maximum absolute atomic E-state index is 13.1. The molecule has 0 spiro atoms. The molecule has 3 aromatic rings. The number of benzene rings is 3. The number of hydrogen-bond donors (Lipinski definition) is 3. The van der Waals surface area contributed by atoms with Crippen LogP contribution in [0.4, 0.5) is 10.5 Å². The van der Waals surface area contributed by atoms with Gasteiger partial charge in [-0.05, 0) is 49.2 Å². The summed E-state index contributed by atoms with van der Waals surface area (Å²) in [7, 11) is 0. The van der Waals surface area contributed by atoms with Gasteiger partial charge in [-0.3, -0.25) is 4.79 Å². The molecule has 0 saturated heterocycles. The van der Waals surface area contributed by atoms with Gasteiger partial charge in [0.25, 0.3) is 5.91 Å². The number of urea groups is 1. The zero-order valence-electron chi connectivity index (χ0n) is 20.0. The quantitative estimate of drug-likeness (QED) is 0.410. The van der Waals surface area contributed by atoms with Gasteiger partial charge in [-0.1, -0.05) is 60.7 Å². The second kappa shape index (κ2) is 11.2. The molecule has 1 unspecified atom stereocenters. The van der Waals surface area contributed by atoms with E-state index in [1.54, 1.807) is 50.2 Å². The van der Waals surface area contributed by atoms with E-state index in [-0.39, 0.29) is 18.6 Å². The van der Waals surface area contributed by atoms with E-state index in [2.05, 4.69) is 16.0 Å². The third kappa shape index (κ3) is 6.09. The lowest BCUT2D eigenvalue weighted by molar-refractivity contribution is -0.143. The minimum absolute atomic E-state index is 0.164. The number of anilines is 1. The molecule has 0 aromatic heterocycles. The van der Waals surface area contributed by atoms with Crippen molar-refractivity contribution in [1.29, 1.82) is 0 Å². The molecule has 1 heterocycles. The van der Waals surface area contributed by atoms with Crippen molar-refractivity contribution in [3.8, 4) is 5.75 Å². The first-order valence-corrected chi connectivity index (χ1v) is 11.6. The standard InChI is InChI=1S/C28H27N3O5/c1-18(2)36-27(33)24-25(19-9-5-3-6-10-19)30-28(34)31-26(24)20-13-15-22(16-14-20)35-17-23(32)29-21-11-7-4-8-12-21/h3-16,18,26H,17H2,1-2H3,(H,29,32)(H2,30,31,34). The summed E-state index contributed by atoms with van der Waals surface area (Å²) < 4.78 is 11.1. The highest BCUT2D eigenvalue weighted by atomic mass is 16.5. The molecule has 3 N–H and O–H groups in total. The second-order valence-electron chi connectivity index (χ2n) is 8.41. The number of carbonyl (C=O) groups excluding carboxylic acids is 3. The number of esters is 1. The highest BCUT2D eigenvalue weighted by Gasteiger charge is 2.34. The Balaban J connectivity index is 1.55. The summed E-state index contributed by atoms with van der Waals surface area (Å²) in [4.78, 5) is 37.8. The number of amides is 3. The average Bonchev–Trinajstić information content (AvgIpc) is 2.88. The van der Waals surface area contributed by atoms with Crippen molar-refractivity contribution >= 4 is 29.3 Å². The van der Waals surface area contributed by atoms with E-state index in [9.17, 15) is 14.4 Å². The maximum Gasteiger partial charge on any atom is 0.338 e. The molecule has 184 valence electrons. The molecule has 0 fully saturated rings. The van der Waals surface area contributed by atoms with Crippen molar-refractivity contribution in [3.63, 3.8) is 0 Å². The van der Waals surface area contributed by atoms with Gasteiger partial charge in [0.05, 0.1) is 23.4 Å². The van der Waals surface area contributed by atoms with Gasteiger partial charge < -0.3 is 25.4 Å². The molecule has 1 atom stereocenters. The Bertz CT molecular complexity index is 1260. The van der Waals surface area contributed by atoms with Gasteiger partial charge in [-0.15, -0.1) is 0 Å². The van der Waals surface area contributed by atoms with Gasteiger partial charge in [0.1, 0.15) is 5.75 Å². The topological polar surface area (TPSA) is 106 Å². The SMILES string of the molecule is CC(C)OC(=O)C1=C(c2ccccc2)NC(=O)NC1c1ccc(OCC(=O)Nc2ccccc2)cc1. The van der Waals surface area contributed by atoms with Crippen LogP contribution in [0.5, 0.6) is 5.75 Å². The minimum atomic E-state index is -0.740. The molecule has 4 rings (SSSR count). The average molecular weight is 486 g/mol. The van der Waals surface area contributed by atoms with Crippen LogP contribution in [0, 0.1) is 0 Å². The number of ether oxygens (including phenoxy) is 2. The molecule has 1 aliphatic heterocycles. The van der Waals surface area contributed by atoms with E-state index in [1.165, 1.54) is 0 Å². The first kappa shape index (κ1) is 24.5. The maximum atomic E-state index is 13.1. The zero-order chi connectivity index (χ0) is 25.5. The predicted molar refractivity (Wildman–Crippen MR) is 136 cm³/mol. The molecule has 0 radical (unpaired) electrons. The van der Waals surface area contributed by atoms with Crippen LogP contribution in [-0.4, -0.2) is 30.6 Å². The monoisotopic (exact) mass is 485 g/mol. The zero-order valence-corrected chi connectivity index (χ0v) is 20.0. The molecular weight excluding hydrogens is 458 g/mol. The Labute approximate surface area is 209 Å². The highest BCUT2D eigenvalue weighted by molar-refractivity contribution is 6.04. The summed E-state index contributed by atoms with van der Waals surface area (Å²) in [6.45, 7) is 3.37. The first-order chi connectivity index (χ1) is 17.4. The van der Waals surface area contributed by atoms with Crippen LogP contribution in [0.1, 0.15) is 31.0 Å². The summed E-state index contributed by atoms with van der Waals surface area (Å²) in [6, 6.07) is 23.9. The van der Waals surface area contributed by atoms with Gasteiger partial charge in [-0.2, -0.15) is 0 Å². The lowest BCUT2D eigenvalue weighted by Crippen LogP contribution is -2.45. The van der Waals surface area contributed by atoms with Crippen molar-refractivity contribution in [2.45, 2.75) is 26.0 Å². The highest BCUT2D eigenvalue weighted by Crippen LogP contribution is 2.33. The normalized spacial score (nSPS) is 15.1. The van der Waals surface area contributed by atoms with Crippen molar-refractivity contribution in [3.05, 3.63) is 102 Å². The van der Waals surface area contributed by atoms with Crippen LogP contribution in [0.25, 0.3) is 5.70 Å². The summed E-state index contributed by atoms with van der Waals surface area (Å²) in [5, 5.41) is 8.34.